The Kier molecular flexibility index (Phi) is 2.89. The van der Waals surface area contributed by atoms with Crippen molar-refractivity contribution in [3.63, 3.8) is 0 Å². The number of nitrogens with zero attached hydrogens (tertiary/aromatic N) is 2. The average molecular weight is 271 g/mol. The maximum absolute atomic E-state index is 13.2. The van der Waals surface area contributed by atoms with E-state index in [1.807, 2.05) is 20.9 Å². The third-order valence-electron chi connectivity index (χ3n) is 3.21. The number of anilines is 1. The topological polar surface area (TPSA) is 51.0 Å². The van der Waals surface area contributed by atoms with E-state index in [1.54, 1.807) is 12.1 Å². The first-order chi connectivity index (χ1) is 9.58. The maximum Gasteiger partial charge on any atom is 0.154 e. The Labute approximate surface area is 115 Å². The first-order valence-electron chi connectivity index (χ1n) is 6.31. The van der Waals surface area contributed by atoms with Crippen LogP contribution in [0.5, 0.6) is 0 Å². The summed E-state index contributed by atoms with van der Waals surface area (Å²) >= 11 is 0. The molecule has 1 N–H and O–H groups in total. The lowest BCUT2D eigenvalue weighted by molar-refractivity contribution is 0.617. The van der Waals surface area contributed by atoms with Crippen LogP contribution in [0.15, 0.2) is 28.7 Å². The Morgan fingerprint density at radius 2 is 1.95 bits per heavy atom. The highest BCUT2D eigenvalue weighted by Gasteiger charge is 2.14. The van der Waals surface area contributed by atoms with Gasteiger partial charge in [-0.15, -0.1) is 0 Å². The fourth-order valence-electron chi connectivity index (χ4n) is 2.24. The molecule has 0 aliphatic heterocycles. The first kappa shape index (κ1) is 12.6. The van der Waals surface area contributed by atoms with Gasteiger partial charge in [0.1, 0.15) is 28.7 Å². The molecule has 0 radical (unpaired) electrons. The number of hydrogen-bond acceptors (Lipinski definition) is 4. The van der Waals surface area contributed by atoms with E-state index < -0.39 is 0 Å². The number of nitrogens with one attached hydrogen (secondary N) is 1. The number of benzene rings is 1. The van der Waals surface area contributed by atoms with Crippen LogP contribution in [0, 0.1) is 19.7 Å². The van der Waals surface area contributed by atoms with Crippen LogP contribution in [0.3, 0.4) is 0 Å². The minimum absolute atomic E-state index is 0.281. The van der Waals surface area contributed by atoms with Gasteiger partial charge >= 0.3 is 0 Å². The maximum atomic E-state index is 13.2. The van der Waals surface area contributed by atoms with E-state index >= 15 is 0 Å². The predicted molar refractivity (Wildman–Crippen MR) is 76.2 cm³/mol. The third-order valence-corrected chi connectivity index (χ3v) is 3.21. The van der Waals surface area contributed by atoms with Crippen molar-refractivity contribution in [3.8, 4) is 11.5 Å². The van der Waals surface area contributed by atoms with E-state index in [0.29, 0.717) is 17.2 Å². The molecule has 3 rings (SSSR count). The number of rotatable bonds is 2. The summed E-state index contributed by atoms with van der Waals surface area (Å²) in [6.07, 6.45) is 0. The second kappa shape index (κ2) is 4.59. The summed E-state index contributed by atoms with van der Waals surface area (Å²) in [4.78, 5) is 8.75. The molecule has 1 aromatic carbocycles. The number of fused-ring (bicyclic) bond motifs is 1. The van der Waals surface area contributed by atoms with Crippen LogP contribution >= 0.6 is 0 Å². The van der Waals surface area contributed by atoms with Gasteiger partial charge in [-0.3, -0.25) is 0 Å². The molecule has 0 unspecified atom stereocenters. The summed E-state index contributed by atoms with van der Waals surface area (Å²) in [5.74, 6) is 1.75. The van der Waals surface area contributed by atoms with Crippen molar-refractivity contribution < 1.29 is 8.81 Å². The van der Waals surface area contributed by atoms with Crippen LogP contribution in [0.25, 0.3) is 22.4 Å². The molecule has 2 aromatic heterocycles. The molecule has 102 valence electrons. The Morgan fingerprint density at radius 3 is 2.70 bits per heavy atom. The van der Waals surface area contributed by atoms with Crippen molar-refractivity contribution in [1.29, 1.82) is 0 Å². The van der Waals surface area contributed by atoms with Crippen molar-refractivity contribution in [3.05, 3.63) is 41.5 Å². The molecule has 4 nitrogen and oxygen atoms in total. The molecule has 0 bridgehead atoms. The minimum Gasteiger partial charge on any atom is -0.454 e. The summed E-state index contributed by atoms with van der Waals surface area (Å²) < 4.78 is 19.0. The van der Waals surface area contributed by atoms with E-state index in [4.69, 9.17) is 4.42 Å². The Bertz CT molecular complexity index is 795. The van der Waals surface area contributed by atoms with Crippen molar-refractivity contribution in [1.82, 2.24) is 9.97 Å². The molecule has 0 fully saturated rings. The van der Waals surface area contributed by atoms with Gasteiger partial charge in [0.15, 0.2) is 5.76 Å². The third kappa shape index (κ3) is 2.01. The lowest BCUT2D eigenvalue weighted by Crippen LogP contribution is -2.02. The van der Waals surface area contributed by atoms with Gasteiger partial charge in [0.05, 0.1) is 0 Å². The molecule has 3 aromatic rings. The van der Waals surface area contributed by atoms with Crippen LogP contribution in [-0.4, -0.2) is 17.0 Å². The molecule has 0 saturated heterocycles. The summed E-state index contributed by atoms with van der Waals surface area (Å²) in [5.41, 5.74) is 2.26. The zero-order valence-electron chi connectivity index (χ0n) is 11.5. The van der Waals surface area contributed by atoms with Crippen LogP contribution < -0.4 is 5.32 Å². The summed E-state index contributed by atoms with van der Waals surface area (Å²) in [6.45, 7) is 3.75. The van der Waals surface area contributed by atoms with Crippen LogP contribution in [0.1, 0.15) is 11.4 Å². The second-order valence-electron chi connectivity index (χ2n) is 4.64. The SMILES string of the molecule is CNc1nc(C)nc(-c2cc3cc(F)ccc3o2)c1C. The molecule has 2 heterocycles. The lowest BCUT2D eigenvalue weighted by atomic mass is 10.1. The summed E-state index contributed by atoms with van der Waals surface area (Å²) in [7, 11) is 1.81. The fourth-order valence-corrected chi connectivity index (χ4v) is 2.24. The molecule has 0 spiro atoms. The van der Waals surface area contributed by atoms with Gasteiger partial charge in [-0.1, -0.05) is 0 Å². The van der Waals surface area contributed by atoms with E-state index in [-0.39, 0.29) is 5.82 Å². The minimum atomic E-state index is -0.281. The van der Waals surface area contributed by atoms with Gasteiger partial charge in [0.2, 0.25) is 0 Å². The largest absolute Gasteiger partial charge is 0.454 e. The highest BCUT2D eigenvalue weighted by Crippen LogP contribution is 2.31. The highest BCUT2D eigenvalue weighted by atomic mass is 19.1. The van der Waals surface area contributed by atoms with Gasteiger partial charge in [-0.25, -0.2) is 14.4 Å². The van der Waals surface area contributed by atoms with E-state index in [1.165, 1.54) is 12.1 Å². The normalized spacial score (nSPS) is 11.0. The zero-order chi connectivity index (χ0) is 14.3. The summed E-state index contributed by atoms with van der Waals surface area (Å²) in [6, 6.07) is 6.25. The van der Waals surface area contributed by atoms with Gasteiger partial charge in [0, 0.05) is 18.0 Å². The standard InChI is InChI=1S/C15H14FN3O/c1-8-14(18-9(2)19-15(8)17-3)13-7-10-6-11(16)4-5-12(10)20-13/h4-7H,1-3H3,(H,17,18,19). The highest BCUT2D eigenvalue weighted by molar-refractivity contribution is 5.83. The van der Waals surface area contributed by atoms with E-state index in [0.717, 1.165) is 22.5 Å². The van der Waals surface area contributed by atoms with Gasteiger partial charge in [-0.2, -0.15) is 0 Å². The number of hydrogen-bond donors (Lipinski definition) is 1. The van der Waals surface area contributed by atoms with Gasteiger partial charge < -0.3 is 9.73 Å². The second-order valence-corrected chi connectivity index (χ2v) is 4.64. The quantitative estimate of drug-likeness (QED) is 0.772. The molecule has 0 amide bonds. The van der Waals surface area contributed by atoms with Gasteiger partial charge in [0.25, 0.3) is 0 Å². The molecule has 5 heteroatoms. The molecule has 0 aliphatic rings. The Hall–Kier alpha value is -2.43. The van der Waals surface area contributed by atoms with E-state index in [2.05, 4.69) is 15.3 Å². The van der Waals surface area contributed by atoms with E-state index in [9.17, 15) is 4.39 Å². The Balaban J connectivity index is 2.22. The fraction of sp³-hybridized carbons (Fsp3) is 0.200. The van der Waals surface area contributed by atoms with Crippen molar-refractivity contribution in [2.24, 2.45) is 0 Å². The molecular formula is C15H14FN3O. The number of furan rings is 1. The lowest BCUT2D eigenvalue weighted by Gasteiger charge is -2.08. The smallest absolute Gasteiger partial charge is 0.154 e. The average Bonchev–Trinajstić information content (AvgIpc) is 2.83. The molecule has 0 saturated carbocycles. The number of aryl methyl sites for hydroxylation is 1. The van der Waals surface area contributed by atoms with Crippen molar-refractivity contribution in [2.45, 2.75) is 13.8 Å². The number of halogens is 1. The molecular weight excluding hydrogens is 257 g/mol. The predicted octanol–water partition coefficient (Wildman–Crippen LogP) is 3.69. The monoisotopic (exact) mass is 271 g/mol. The zero-order valence-corrected chi connectivity index (χ0v) is 11.5. The van der Waals surface area contributed by atoms with Crippen molar-refractivity contribution >= 4 is 16.8 Å². The number of aromatic nitrogens is 2. The summed E-state index contributed by atoms with van der Waals surface area (Å²) in [5, 5.41) is 3.76. The first-order valence-corrected chi connectivity index (χ1v) is 6.31. The molecule has 0 aliphatic carbocycles. The van der Waals surface area contributed by atoms with Gasteiger partial charge in [-0.05, 0) is 38.1 Å². The van der Waals surface area contributed by atoms with Crippen LogP contribution in [0.4, 0.5) is 10.2 Å². The molecule has 0 atom stereocenters. The molecule has 20 heavy (non-hydrogen) atoms. The van der Waals surface area contributed by atoms with Crippen molar-refractivity contribution in [2.75, 3.05) is 12.4 Å². The van der Waals surface area contributed by atoms with Crippen LogP contribution in [0.2, 0.25) is 0 Å². The Morgan fingerprint density at radius 1 is 1.15 bits per heavy atom. The van der Waals surface area contributed by atoms with Crippen LogP contribution in [-0.2, 0) is 0 Å².